The van der Waals surface area contributed by atoms with Gasteiger partial charge in [-0.3, -0.25) is 4.98 Å². The summed E-state index contributed by atoms with van der Waals surface area (Å²) >= 11 is 0. The van der Waals surface area contributed by atoms with Crippen LogP contribution in [0.4, 0.5) is 0 Å². The Morgan fingerprint density at radius 3 is 2.89 bits per heavy atom. The fourth-order valence-electron chi connectivity index (χ4n) is 2.43. The summed E-state index contributed by atoms with van der Waals surface area (Å²) < 4.78 is 5.38. The molecule has 0 aliphatic heterocycles. The van der Waals surface area contributed by atoms with Gasteiger partial charge in [-0.1, -0.05) is 6.07 Å². The minimum Gasteiger partial charge on any atom is -0.496 e. The van der Waals surface area contributed by atoms with Crippen LogP contribution >= 0.6 is 0 Å². The number of nitrogens with one attached hydrogen (secondary N) is 1. The molecule has 0 bridgehead atoms. The molecule has 2 heterocycles. The number of methoxy groups -OCH3 is 1. The van der Waals surface area contributed by atoms with E-state index in [0.717, 1.165) is 34.5 Å². The Morgan fingerprint density at radius 2 is 2.16 bits per heavy atom. The Kier molecular flexibility index (Phi) is 2.95. The second-order valence-electron chi connectivity index (χ2n) is 4.54. The molecule has 2 aromatic heterocycles. The van der Waals surface area contributed by atoms with E-state index in [9.17, 15) is 0 Å². The summed E-state index contributed by atoms with van der Waals surface area (Å²) in [6, 6.07) is 9.97. The maximum absolute atomic E-state index is 5.38. The Balaban J connectivity index is 2.09. The molecule has 1 aromatic carbocycles. The van der Waals surface area contributed by atoms with E-state index in [1.807, 2.05) is 36.5 Å². The maximum Gasteiger partial charge on any atom is 0.122 e. The van der Waals surface area contributed by atoms with Crippen LogP contribution in [0.15, 0.2) is 36.5 Å². The van der Waals surface area contributed by atoms with Gasteiger partial charge >= 0.3 is 0 Å². The van der Waals surface area contributed by atoms with Crippen LogP contribution in [0.25, 0.3) is 10.9 Å². The summed E-state index contributed by atoms with van der Waals surface area (Å²) in [6.07, 6.45) is 5.82. The van der Waals surface area contributed by atoms with Crippen molar-refractivity contribution in [1.82, 2.24) is 9.97 Å². The molecule has 3 aromatic rings. The fourth-order valence-corrected chi connectivity index (χ4v) is 2.43. The van der Waals surface area contributed by atoms with Gasteiger partial charge in [0.1, 0.15) is 5.75 Å². The number of ether oxygens (including phenoxy) is 1. The zero-order valence-corrected chi connectivity index (χ0v) is 11.0. The van der Waals surface area contributed by atoms with Gasteiger partial charge in [0.25, 0.3) is 0 Å². The molecule has 3 rings (SSSR count). The van der Waals surface area contributed by atoms with Crippen molar-refractivity contribution in [2.75, 3.05) is 7.11 Å². The summed E-state index contributed by atoms with van der Waals surface area (Å²) in [5.74, 6) is 0.905. The highest BCUT2D eigenvalue weighted by molar-refractivity contribution is 5.88. The van der Waals surface area contributed by atoms with E-state index >= 15 is 0 Å². The van der Waals surface area contributed by atoms with Gasteiger partial charge in [-0.15, -0.1) is 0 Å². The number of nitrogens with zero attached hydrogens (tertiary/aromatic N) is 1. The summed E-state index contributed by atoms with van der Waals surface area (Å²) in [5.41, 5.74) is 4.40. The summed E-state index contributed by atoms with van der Waals surface area (Å²) in [6.45, 7) is 2.07. The number of rotatable bonds is 3. The lowest BCUT2D eigenvalue weighted by atomic mass is 10.0. The molecular weight excluding hydrogens is 236 g/mol. The van der Waals surface area contributed by atoms with Crippen molar-refractivity contribution < 1.29 is 4.74 Å². The smallest absolute Gasteiger partial charge is 0.122 e. The third-order valence-corrected chi connectivity index (χ3v) is 3.37. The molecule has 1 radical (unpaired) electrons. The molecule has 0 aliphatic carbocycles. The molecule has 0 unspecified atom stereocenters. The summed E-state index contributed by atoms with van der Waals surface area (Å²) in [4.78, 5) is 7.56. The first-order chi connectivity index (χ1) is 9.29. The molecule has 0 amide bonds. The van der Waals surface area contributed by atoms with Crippen LogP contribution in [-0.4, -0.2) is 17.1 Å². The average Bonchev–Trinajstić information content (AvgIpc) is 2.84. The van der Waals surface area contributed by atoms with E-state index < -0.39 is 0 Å². The predicted molar refractivity (Wildman–Crippen MR) is 75.5 cm³/mol. The van der Waals surface area contributed by atoms with Crippen LogP contribution in [0.2, 0.25) is 0 Å². The molecule has 1 N–H and O–H groups in total. The third-order valence-electron chi connectivity index (χ3n) is 3.37. The lowest BCUT2D eigenvalue weighted by molar-refractivity contribution is 0.412. The zero-order chi connectivity index (χ0) is 13.2. The Morgan fingerprint density at radius 1 is 1.26 bits per heavy atom. The molecule has 0 saturated heterocycles. The molecule has 3 nitrogen and oxygen atoms in total. The van der Waals surface area contributed by atoms with E-state index in [0.29, 0.717) is 0 Å². The normalized spacial score (nSPS) is 10.8. The van der Waals surface area contributed by atoms with Crippen molar-refractivity contribution in [2.45, 2.75) is 13.3 Å². The highest BCUT2D eigenvalue weighted by Gasteiger charge is 2.11. The molecule has 0 atom stereocenters. The van der Waals surface area contributed by atoms with Crippen LogP contribution in [0.5, 0.6) is 5.75 Å². The Bertz CT molecular complexity index is 701. The van der Waals surface area contributed by atoms with E-state index in [1.54, 1.807) is 7.11 Å². The second-order valence-corrected chi connectivity index (χ2v) is 4.54. The minimum atomic E-state index is 0.773. The van der Waals surface area contributed by atoms with Crippen molar-refractivity contribution in [1.29, 1.82) is 0 Å². The molecule has 95 valence electrons. The highest BCUT2D eigenvalue weighted by Crippen LogP contribution is 2.30. The van der Waals surface area contributed by atoms with E-state index in [1.165, 1.54) is 5.39 Å². The number of aromatic amines is 1. The maximum atomic E-state index is 5.38. The number of benzene rings is 1. The summed E-state index contributed by atoms with van der Waals surface area (Å²) in [5, 5.41) is 1.19. The van der Waals surface area contributed by atoms with Crippen molar-refractivity contribution in [3.8, 4) is 5.75 Å². The van der Waals surface area contributed by atoms with Crippen molar-refractivity contribution in [3.63, 3.8) is 0 Å². The van der Waals surface area contributed by atoms with Gasteiger partial charge in [-0.05, 0) is 36.8 Å². The van der Waals surface area contributed by atoms with Gasteiger partial charge in [0.2, 0.25) is 0 Å². The highest BCUT2D eigenvalue weighted by atomic mass is 16.5. The standard InChI is InChI=1S/C16H15N2O/c1-11-15(19-2)7-6-14-16(11)12(10-18-14)9-13-5-3-4-8-17-13/h3-8,18H,9H2,1-2H3. The monoisotopic (exact) mass is 251 g/mol. The van der Waals surface area contributed by atoms with E-state index in [-0.39, 0.29) is 0 Å². The van der Waals surface area contributed by atoms with Crippen LogP contribution in [-0.2, 0) is 6.42 Å². The third kappa shape index (κ3) is 2.08. The SMILES string of the molecule is COc1ccc2[nH][c]c(Cc3ccccn3)c2c1C. The molecule has 19 heavy (non-hydrogen) atoms. The quantitative estimate of drug-likeness (QED) is 0.775. The number of aryl methyl sites for hydroxylation is 1. The average molecular weight is 251 g/mol. The van der Waals surface area contributed by atoms with Gasteiger partial charge in [-0.25, -0.2) is 0 Å². The van der Waals surface area contributed by atoms with Gasteiger partial charge in [-0.2, -0.15) is 0 Å². The predicted octanol–water partition coefficient (Wildman–Crippen LogP) is 3.27. The number of H-pyrrole nitrogens is 1. The number of hydrogen-bond donors (Lipinski definition) is 1. The van der Waals surface area contributed by atoms with Gasteiger partial charge in [0.05, 0.1) is 13.3 Å². The number of hydrogen-bond acceptors (Lipinski definition) is 2. The Labute approximate surface area is 112 Å². The molecule has 3 heteroatoms. The van der Waals surface area contributed by atoms with Crippen LogP contribution in [0.3, 0.4) is 0 Å². The van der Waals surface area contributed by atoms with Crippen molar-refractivity contribution in [3.05, 3.63) is 59.5 Å². The molecule has 0 fully saturated rings. The first-order valence-corrected chi connectivity index (χ1v) is 6.25. The van der Waals surface area contributed by atoms with Gasteiger partial charge < -0.3 is 9.72 Å². The van der Waals surface area contributed by atoms with Crippen LogP contribution in [0, 0.1) is 13.1 Å². The lowest BCUT2D eigenvalue weighted by Gasteiger charge is -2.07. The molecular formula is C16H15N2O. The van der Waals surface area contributed by atoms with E-state index in [2.05, 4.69) is 23.1 Å². The second kappa shape index (κ2) is 4.76. The van der Waals surface area contributed by atoms with Crippen LogP contribution in [0.1, 0.15) is 16.8 Å². The van der Waals surface area contributed by atoms with Crippen molar-refractivity contribution in [2.24, 2.45) is 0 Å². The molecule has 0 spiro atoms. The lowest BCUT2D eigenvalue weighted by Crippen LogP contribution is -1.92. The Hall–Kier alpha value is -2.29. The fraction of sp³-hybridized carbons (Fsp3) is 0.188. The first kappa shape index (κ1) is 11.8. The van der Waals surface area contributed by atoms with Gasteiger partial charge in [0, 0.05) is 34.8 Å². The zero-order valence-electron chi connectivity index (χ0n) is 11.0. The van der Waals surface area contributed by atoms with E-state index in [4.69, 9.17) is 4.74 Å². The van der Waals surface area contributed by atoms with Crippen molar-refractivity contribution >= 4 is 10.9 Å². The first-order valence-electron chi connectivity index (χ1n) is 6.25. The minimum absolute atomic E-state index is 0.773. The number of pyridine rings is 1. The number of fused-ring (bicyclic) bond motifs is 1. The number of aromatic nitrogens is 2. The largest absolute Gasteiger partial charge is 0.496 e. The van der Waals surface area contributed by atoms with Gasteiger partial charge in [0.15, 0.2) is 0 Å². The molecule has 0 saturated carbocycles. The molecule has 0 aliphatic rings. The topological polar surface area (TPSA) is 37.9 Å². The van der Waals surface area contributed by atoms with Crippen LogP contribution < -0.4 is 4.74 Å². The summed E-state index contributed by atoms with van der Waals surface area (Å²) in [7, 11) is 1.70.